The van der Waals surface area contributed by atoms with Gasteiger partial charge in [-0.3, -0.25) is 0 Å². The van der Waals surface area contributed by atoms with Crippen LogP contribution in [0, 0.1) is 0 Å². The number of benzene rings is 8. The number of hydrogen-bond acceptors (Lipinski definition) is 2. The van der Waals surface area contributed by atoms with Gasteiger partial charge in [-0.25, -0.2) is 0 Å². The van der Waals surface area contributed by atoms with Gasteiger partial charge in [0.2, 0.25) is 0 Å². The second kappa shape index (κ2) is 13.1. The lowest BCUT2D eigenvalue weighted by Crippen LogP contribution is -2.09. The summed E-state index contributed by atoms with van der Waals surface area (Å²) in [6, 6.07) is 72.3. The molecule has 0 amide bonds. The van der Waals surface area contributed by atoms with Gasteiger partial charge in [0.1, 0.15) is 0 Å². The number of nitrogens with zero attached hydrogens (tertiary/aromatic N) is 2. The molecule has 0 fully saturated rings. The molecule has 10 aromatic rings. The van der Waals surface area contributed by atoms with Gasteiger partial charge in [0.15, 0.2) is 0 Å². The molecule has 0 aliphatic rings. The molecule has 0 bridgehead atoms. The molecule has 0 spiro atoms. The third kappa shape index (κ3) is 5.68. The minimum atomic E-state index is 1.12. The Morgan fingerprint density at radius 1 is 0.377 bits per heavy atom. The smallest absolute Gasteiger partial charge is 0.0528 e. The second-order valence-electron chi connectivity index (χ2n) is 13.4. The summed E-state index contributed by atoms with van der Waals surface area (Å²) >= 11 is 1.88. The summed E-state index contributed by atoms with van der Waals surface area (Å²) in [7, 11) is 0. The minimum absolute atomic E-state index is 1.12. The van der Waals surface area contributed by atoms with Crippen molar-refractivity contribution in [2.24, 2.45) is 0 Å². The summed E-state index contributed by atoms with van der Waals surface area (Å²) in [4.78, 5) is 2.33. The van der Waals surface area contributed by atoms with Gasteiger partial charge in [-0.1, -0.05) is 133 Å². The molecule has 2 nitrogen and oxygen atoms in total. The van der Waals surface area contributed by atoms with Crippen LogP contribution in [0.25, 0.3) is 70.1 Å². The first-order chi connectivity index (χ1) is 26.3. The highest BCUT2D eigenvalue weighted by Crippen LogP contribution is 2.41. The zero-order chi connectivity index (χ0) is 35.1. The Kier molecular flexibility index (Phi) is 7.71. The standard InChI is InChI=1S/C50H34N2S/c1-2-10-42(11-3-1)52(44-31-25-39(26-32-44)45-13-8-14-47-46-12-5-7-16-49(46)53-50(45)47)43-29-23-38(24-30-43)36-19-17-35(18-20-36)37-21-27-41(28-22-37)51-34-33-40-9-4-6-15-48(40)51/h1-34H. The van der Waals surface area contributed by atoms with Crippen molar-refractivity contribution < 1.29 is 0 Å². The fraction of sp³-hybridized carbons (Fsp3) is 0. The van der Waals surface area contributed by atoms with Gasteiger partial charge < -0.3 is 9.47 Å². The number of fused-ring (bicyclic) bond motifs is 4. The lowest BCUT2D eigenvalue weighted by Gasteiger charge is -2.26. The first-order valence-corrected chi connectivity index (χ1v) is 18.8. The zero-order valence-corrected chi connectivity index (χ0v) is 29.7. The van der Waals surface area contributed by atoms with Crippen LogP contribution in [0.15, 0.2) is 206 Å². The summed E-state index contributed by atoms with van der Waals surface area (Å²) < 4.78 is 4.91. The Hall–Kier alpha value is -6.68. The van der Waals surface area contributed by atoms with E-state index in [-0.39, 0.29) is 0 Å². The molecule has 250 valence electrons. The van der Waals surface area contributed by atoms with Crippen LogP contribution in [-0.2, 0) is 0 Å². The highest BCUT2D eigenvalue weighted by molar-refractivity contribution is 7.26. The van der Waals surface area contributed by atoms with E-state index in [9.17, 15) is 0 Å². The van der Waals surface area contributed by atoms with E-state index >= 15 is 0 Å². The molecule has 10 rings (SSSR count). The predicted molar refractivity (Wildman–Crippen MR) is 227 cm³/mol. The van der Waals surface area contributed by atoms with Crippen LogP contribution in [0.2, 0.25) is 0 Å². The van der Waals surface area contributed by atoms with Gasteiger partial charge in [-0.2, -0.15) is 0 Å². The maximum absolute atomic E-state index is 2.33. The maximum atomic E-state index is 2.33. The Morgan fingerprint density at radius 3 is 1.60 bits per heavy atom. The first-order valence-electron chi connectivity index (χ1n) is 18.0. The first kappa shape index (κ1) is 31.1. The van der Waals surface area contributed by atoms with Gasteiger partial charge in [0.05, 0.1) is 5.52 Å². The molecule has 0 saturated carbocycles. The van der Waals surface area contributed by atoms with Gasteiger partial charge in [-0.05, 0) is 105 Å². The molecule has 0 atom stereocenters. The van der Waals surface area contributed by atoms with Crippen LogP contribution in [-0.4, -0.2) is 4.57 Å². The van der Waals surface area contributed by atoms with Crippen LogP contribution >= 0.6 is 11.3 Å². The van der Waals surface area contributed by atoms with Gasteiger partial charge in [0, 0.05) is 49.1 Å². The Balaban J connectivity index is 0.916. The Bertz CT molecular complexity index is 2850. The summed E-state index contributed by atoms with van der Waals surface area (Å²) in [6.45, 7) is 0. The highest BCUT2D eigenvalue weighted by Gasteiger charge is 2.15. The molecular formula is C50H34N2S. The molecular weight excluding hydrogens is 661 g/mol. The summed E-state index contributed by atoms with van der Waals surface area (Å²) in [5.74, 6) is 0. The Labute approximate surface area is 313 Å². The third-order valence-corrected chi connectivity index (χ3v) is 11.5. The van der Waals surface area contributed by atoms with Crippen molar-refractivity contribution in [2.75, 3.05) is 4.90 Å². The zero-order valence-electron chi connectivity index (χ0n) is 28.9. The molecule has 2 aromatic heterocycles. The number of aromatic nitrogens is 1. The topological polar surface area (TPSA) is 8.17 Å². The number of rotatable bonds is 7. The molecule has 53 heavy (non-hydrogen) atoms. The van der Waals surface area contributed by atoms with E-state index in [4.69, 9.17) is 0 Å². The molecule has 0 N–H and O–H groups in total. The van der Waals surface area contributed by atoms with Crippen molar-refractivity contribution in [1.82, 2.24) is 4.57 Å². The van der Waals surface area contributed by atoms with Crippen LogP contribution in [0.3, 0.4) is 0 Å². The highest BCUT2D eigenvalue weighted by atomic mass is 32.1. The van der Waals surface area contributed by atoms with E-state index in [0.29, 0.717) is 0 Å². The van der Waals surface area contributed by atoms with Crippen molar-refractivity contribution >= 4 is 59.5 Å². The summed E-state index contributed by atoms with van der Waals surface area (Å²) in [6.07, 6.45) is 2.14. The van der Waals surface area contributed by atoms with Crippen molar-refractivity contribution in [3.8, 4) is 39.1 Å². The van der Waals surface area contributed by atoms with Crippen LogP contribution < -0.4 is 4.90 Å². The number of hydrogen-bond donors (Lipinski definition) is 0. The Morgan fingerprint density at radius 2 is 0.906 bits per heavy atom. The lowest BCUT2D eigenvalue weighted by molar-refractivity contribution is 1.13. The van der Waals surface area contributed by atoms with Crippen LogP contribution in [0.4, 0.5) is 17.1 Å². The quantitative estimate of drug-likeness (QED) is 0.161. The van der Waals surface area contributed by atoms with E-state index < -0.39 is 0 Å². The average molecular weight is 695 g/mol. The minimum Gasteiger partial charge on any atom is -0.317 e. The number of para-hydroxylation sites is 2. The average Bonchev–Trinajstić information content (AvgIpc) is 3.84. The van der Waals surface area contributed by atoms with Gasteiger partial charge in [-0.15, -0.1) is 11.3 Å². The SMILES string of the molecule is c1ccc(N(c2ccc(-c3ccc(-c4ccc(-n5ccc6ccccc65)cc4)cc3)cc2)c2ccc(-c3cccc4c3sc3ccccc34)cc2)cc1. The van der Waals surface area contributed by atoms with E-state index in [2.05, 4.69) is 216 Å². The van der Waals surface area contributed by atoms with Crippen molar-refractivity contribution in [3.63, 3.8) is 0 Å². The monoisotopic (exact) mass is 694 g/mol. The van der Waals surface area contributed by atoms with E-state index in [1.54, 1.807) is 0 Å². The van der Waals surface area contributed by atoms with Crippen molar-refractivity contribution in [1.29, 1.82) is 0 Å². The maximum Gasteiger partial charge on any atom is 0.0528 e. The van der Waals surface area contributed by atoms with Crippen molar-refractivity contribution in [2.45, 2.75) is 0 Å². The van der Waals surface area contributed by atoms with Gasteiger partial charge >= 0.3 is 0 Å². The molecule has 0 radical (unpaired) electrons. The number of thiophene rings is 1. The molecule has 0 unspecified atom stereocenters. The van der Waals surface area contributed by atoms with Crippen LogP contribution in [0.5, 0.6) is 0 Å². The normalized spacial score (nSPS) is 11.4. The fourth-order valence-electron chi connectivity index (χ4n) is 7.57. The van der Waals surface area contributed by atoms with Crippen molar-refractivity contribution in [3.05, 3.63) is 206 Å². The fourth-order valence-corrected chi connectivity index (χ4v) is 8.81. The predicted octanol–water partition coefficient (Wildman–Crippen LogP) is 14.5. The second-order valence-corrected chi connectivity index (χ2v) is 14.5. The van der Waals surface area contributed by atoms with E-state index in [0.717, 1.165) is 22.7 Å². The largest absolute Gasteiger partial charge is 0.317 e. The molecule has 8 aromatic carbocycles. The van der Waals surface area contributed by atoms with E-state index in [1.807, 2.05) is 11.3 Å². The summed E-state index contributed by atoms with van der Waals surface area (Å²) in [5.41, 5.74) is 13.0. The molecule has 0 aliphatic heterocycles. The molecule has 0 saturated heterocycles. The van der Waals surface area contributed by atoms with Gasteiger partial charge in [0.25, 0.3) is 0 Å². The van der Waals surface area contributed by atoms with Crippen LogP contribution in [0.1, 0.15) is 0 Å². The summed E-state index contributed by atoms with van der Waals surface area (Å²) in [5, 5.41) is 3.90. The molecule has 2 heterocycles. The molecule has 0 aliphatic carbocycles. The van der Waals surface area contributed by atoms with E-state index in [1.165, 1.54) is 64.5 Å². The third-order valence-electron chi connectivity index (χ3n) is 10.3. The molecule has 3 heteroatoms. The lowest BCUT2D eigenvalue weighted by atomic mass is 9.99. The number of anilines is 3.